The molecule has 36 heavy (non-hydrogen) atoms. The summed E-state index contributed by atoms with van der Waals surface area (Å²) in [5.74, 6) is 0.725. The zero-order valence-electron chi connectivity index (χ0n) is 19.8. The molecular weight excluding hydrogens is 478 g/mol. The molecule has 2 aromatic rings. The highest BCUT2D eigenvalue weighted by molar-refractivity contribution is 8.13. The quantitative estimate of drug-likeness (QED) is 0.432. The number of thioether (sulfide) groups is 1. The first-order valence-corrected chi connectivity index (χ1v) is 13.2. The van der Waals surface area contributed by atoms with E-state index in [-0.39, 0.29) is 30.0 Å². The Hall–Kier alpha value is -3.53. The van der Waals surface area contributed by atoms with Crippen molar-refractivity contribution in [3.8, 4) is 0 Å². The van der Waals surface area contributed by atoms with Gasteiger partial charge in [-0.3, -0.25) is 24.7 Å². The molecule has 3 aliphatic rings. The summed E-state index contributed by atoms with van der Waals surface area (Å²) in [6.45, 7) is 0. The van der Waals surface area contributed by atoms with Crippen molar-refractivity contribution < 1.29 is 14.5 Å². The van der Waals surface area contributed by atoms with Crippen LogP contribution in [-0.2, 0) is 15.3 Å². The molecule has 2 heterocycles. The lowest BCUT2D eigenvalue weighted by Gasteiger charge is -2.25. The number of nitrogens with one attached hydrogen (secondary N) is 1. The van der Waals surface area contributed by atoms with Gasteiger partial charge in [0, 0.05) is 35.9 Å². The highest BCUT2D eigenvalue weighted by Gasteiger charge is 2.41. The molecule has 0 bridgehead atoms. The van der Waals surface area contributed by atoms with E-state index in [4.69, 9.17) is 9.98 Å². The summed E-state index contributed by atoms with van der Waals surface area (Å²) in [5.41, 5.74) is 2.28. The zero-order valence-corrected chi connectivity index (χ0v) is 20.6. The monoisotopic (exact) mass is 505 g/mol. The minimum Gasteiger partial charge on any atom is -0.353 e. The third-order valence-corrected chi connectivity index (χ3v) is 7.66. The van der Waals surface area contributed by atoms with Crippen LogP contribution < -0.4 is 5.32 Å². The molecule has 10 heteroatoms. The zero-order chi connectivity index (χ0) is 25.1. The molecule has 2 aliphatic heterocycles. The molecule has 5 rings (SSSR count). The molecule has 0 radical (unpaired) electrons. The number of para-hydroxylation sites is 1. The van der Waals surface area contributed by atoms with E-state index in [0.29, 0.717) is 23.2 Å². The van der Waals surface area contributed by atoms with Gasteiger partial charge in [0.05, 0.1) is 10.6 Å². The molecule has 1 saturated carbocycles. The maximum absolute atomic E-state index is 13.4. The van der Waals surface area contributed by atoms with Crippen LogP contribution in [0.15, 0.2) is 58.5 Å². The van der Waals surface area contributed by atoms with Gasteiger partial charge in [-0.25, -0.2) is 9.89 Å². The minimum atomic E-state index is -0.646. The molecule has 1 N–H and O–H groups in total. The number of non-ortho nitro benzene ring substituents is 1. The fraction of sp³-hybridized carbons (Fsp3) is 0.385. The van der Waals surface area contributed by atoms with E-state index in [2.05, 4.69) is 5.32 Å². The number of benzene rings is 2. The van der Waals surface area contributed by atoms with Crippen LogP contribution in [0.5, 0.6) is 0 Å². The predicted molar refractivity (Wildman–Crippen MR) is 139 cm³/mol. The average Bonchev–Trinajstić information content (AvgIpc) is 3.23. The molecule has 1 aliphatic carbocycles. The van der Waals surface area contributed by atoms with Crippen molar-refractivity contribution >= 4 is 46.0 Å². The second-order valence-electron chi connectivity index (χ2n) is 9.21. The number of hydrogen-bond acceptors (Lipinski definition) is 7. The standard InChI is InChI=1S/C26H27N5O4S/c32-23(27-18-8-2-1-3-9-18)14-13-22-25(33)30-24(28-22)20-11-4-5-12-21(20)29-26(30)36-16-17-7-6-10-19(15-17)31(34)35/h4-7,10-12,15,18,22H,1-3,8-9,13-14,16H2,(H,27,32)/t22-/m0/s1. The second-order valence-corrected chi connectivity index (χ2v) is 10.2. The summed E-state index contributed by atoms with van der Waals surface area (Å²) in [4.78, 5) is 47.6. The molecule has 1 fully saturated rings. The second kappa shape index (κ2) is 10.6. The van der Waals surface area contributed by atoms with Gasteiger partial charge < -0.3 is 5.32 Å². The summed E-state index contributed by atoms with van der Waals surface area (Å²) in [5, 5.41) is 14.7. The van der Waals surface area contributed by atoms with Crippen LogP contribution in [0.4, 0.5) is 11.4 Å². The number of amides is 2. The SMILES string of the molecule is O=C(CC[C@@H]1N=C2c3ccccc3N=C(SCc3cccc([N+](=O)[O-])c3)N2C1=O)NC1CCCCC1. The first kappa shape index (κ1) is 24.2. The van der Waals surface area contributed by atoms with Gasteiger partial charge in [-0.05, 0) is 37.0 Å². The van der Waals surface area contributed by atoms with Gasteiger partial charge in [0.1, 0.15) is 11.9 Å². The number of aliphatic imine (C=N–C) groups is 2. The van der Waals surface area contributed by atoms with Gasteiger partial charge >= 0.3 is 0 Å². The first-order chi connectivity index (χ1) is 17.5. The van der Waals surface area contributed by atoms with E-state index in [9.17, 15) is 19.7 Å². The summed E-state index contributed by atoms with van der Waals surface area (Å²) in [7, 11) is 0. The fourth-order valence-electron chi connectivity index (χ4n) is 4.81. The number of carbonyl (C=O) groups excluding carboxylic acids is 2. The van der Waals surface area contributed by atoms with Crippen molar-refractivity contribution in [2.75, 3.05) is 0 Å². The van der Waals surface area contributed by atoms with Crippen molar-refractivity contribution in [3.63, 3.8) is 0 Å². The topological polar surface area (TPSA) is 117 Å². The molecular formula is C26H27N5O4S. The summed E-state index contributed by atoms with van der Waals surface area (Å²) in [6.07, 6.45) is 6.12. The Labute approximate surface area is 213 Å². The van der Waals surface area contributed by atoms with Gasteiger partial charge in [0.15, 0.2) is 5.17 Å². The van der Waals surface area contributed by atoms with Crippen molar-refractivity contribution in [1.82, 2.24) is 10.2 Å². The van der Waals surface area contributed by atoms with E-state index in [1.165, 1.54) is 35.2 Å². The molecule has 9 nitrogen and oxygen atoms in total. The molecule has 186 valence electrons. The number of nitro groups is 1. The predicted octanol–water partition coefficient (Wildman–Crippen LogP) is 4.72. The van der Waals surface area contributed by atoms with E-state index in [1.807, 2.05) is 30.3 Å². The van der Waals surface area contributed by atoms with Crippen LogP contribution in [-0.4, -0.2) is 44.7 Å². The lowest BCUT2D eigenvalue weighted by Crippen LogP contribution is -2.41. The number of nitrogens with zero attached hydrogens (tertiary/aromatic N) is 4. The van der Waals surface area contributed by atoms with Crippen molar-refractivity contribution in [2.45, 2.75) is 62.8 Å². The summed E-state index contributed by atoms with van der Waals surface area (Å²) in [6, 6.07) is 13.5. The maximum atomic E-state index is 13.4. The highest BCUT2D eigenvalue weighted by Crippen LogP contribution is 2.35. The molecule has 0 unspecified atom stereocenters. The normalized spacial score (nSPS) is 19.3. The number of hydrogen-bond donors (Lipinski definition) is 1. The van der Waals surface area contributed by atoms with E-state index in [1.54, 1.807) is 6.07 Å². The van der Waals surface area contributed by atoms with Crippen molar-refractivity contribution in [1.29, 1.82) is 0 Å². The van der Waals surface area contributed by atoms with Crippen LogP contribution in [0.2, 0.25) is 0 Å². The highest BCUT2D eigenvalue weighted by atomic mass is 32.2. The maximum Gasteiger partial charge on any atom is 0.269 e. The van der Waals surface area contributed by atoms with Crippen molar-refractivity contribution in [2.24, 2.45) is 9.98 Å². The number of amidine groups is 2. The van der Waals surface area contributed by atoms with Gasteiger partial charge in [0.25, 0.3) is 11.6 Å². The first-order valence-electron chi connectivity index (χ1n) is 12.2. The van der Waals surface area contributed by atoms with Crippen LogP contribution >= 0.6 is 11.8 Å². The van der Waals surface area contributed by atoms with E-state index < -0.39 is 11.0 Å². The Morgan fingerprint density at radius 1 is 1.14 bits per heavy atom. The largest absolute Gasteiger partial charge is 0.353 e. The minimum absolute atomic E-state index is 0.0232. The fourth-order valence-corrected chi connectivity index (χ4v) is 5.75. The molecule has 0 aromatic heterocycles. The van der Waals surface area contributed by atoms with E-state index >= 15 is 0 Å². The Morgan fingerprint density at radius 3 is 2.75 bits per heavy atom. The number of carbonyl (C=O) groups is 2. The van der Waals surface area contributed by atoms with Gasteiger partial charge in [-0.1, -0.05) is 55.3 Å². The van der Waals surface area contributed by atoms with Crippen LogP contribution in [0.3, 0.4) is 0 Å². The number of fused-ring (bicyclic) bond motifs is 3. The smallest absolute Gasteiger partial charge is 0.269 e. The molecule has 1 atom stereocenters. The van der Waals surface area contributed by atoms with Gasteiger partial charge in [0.2, 0.25) is 5.91 Å². The Morgan fingerprint density at radius 2 is 1.94 bits per heavy atom. The van der Waals surface area contributed by atoms with E-state index in [0.717, 1.165) is 42.5 Å². The lowest BCUT2D eigenvalue weighted by atomic mass is 9.95. The summed E-state index contributed by atoms with van der Waals surface area (Å²) < 4.78 is 0. The van der Waals surface area contributed by atoms with Gasteiger partial charge in [-0.2, -0.15) is 0 Å². The Kier molecular flexibility index (Phi) is 7.13. The average molecular weight is 506 g/mol. The van der Waals surface area contributed by atoms with Crippen molar-refractivity contribution in [3.05, 3.63) is 69.8 Å². The lowest BCUT2D eigenvalue weighted by molar-refractivity contribution is -0.384. The third kappa shape index (κ3) is 5.18. The number of rotatable bonds is 7. The Bertz CT molecular complexity index is 1250. The third-order valence-electron chi connectivity index (χ3n) is 6.65. The van der Waals surface area contributed by atoms with Crippen LogP contribution in [0.25, 0.3) is 0 Å². The Balaban J connectivity index is 1.30. The van der Waals surface area contributed by atoms with Gasteiger partial charge in [-0.15, -0.1) is 0 Å². The van der Waals surface area contributed by atoms with Crippen LogP contribution in [0.1, 0.15) is 56.1 Å². The molecule has 2 amide bonds. The molecule has 0 saturated heterocycles. The number of nitro benzene ring substituents is 1. The molecule has 2 aromatic carbocycles. The molecule has 0 spiro atoms. The van der Waals surface area contributed by atoms with Crippen LogP contribution in [0, 0.1) is 10.1 Å². The summed E-state index contributed by atoms with van der Waals surface area (Å²) >= 11 is 1.34.